The summed E-state index contributed by atoms with van der Waals surface area (Å²) in [7, 11) is 0. The van der Waals surface area contributed by atoms with Crippen molar-refractivity contribution < 1.29 is 39.1 Å². The van der Waals surface area contributed by atoms with E-state index >= 15 is 0 Å². The van der Waals surface area contributed by atoms with Gasteiger partial charge in [0.05, 0.1) is 32.3 Å². The van der Waals surface area contributed by atoms with Crippen molar-refractivity contribution in [3.8, 4) is 11.5 Å². The molecule has 0 spiro atoms. The van der Waals surface area contributed by atoms with Crippen LogP contribution in [0.25, 0.3) is 0 Å². The van der Waals surface area contributed by atoms with Crippen LogP contribution in [0.5, 0.6) is 11.5 Å². The number of anilines is 3. The zero-order valence-corrected chi connectivity index (χ0v) is 24.4. The lowest BCUT2D eigenvalue weighted by Crippen LogP contribution is -2.14. The van der Waals surface area contributed by atoms with E-state index in [-0.39, 0.29) is 64.3 Å². The number of benzene rings is 5. The monoisotopic (exact) mass is 635 g/mol. The van der Waals surface area contributed by atoms with Crippen molar-refractivity contribution in [1.82, 2.24) is 0 Å². The van der Waals surface area contributed by atoms with E-state index in [9.17, 15) is 40.0 Å². The van der Waals surface area contributed by atoms with E-state index in [1.165, 1.54) is 53.4 Å². The molecule has 13 nitrogen and oxygen atoms in total. The number of ether oxygens (including phenoxy) is 2. The van der Waals surface area contributed by atoms with Crippen LogP contribution in [0.15, 0.2) is 115 Å². The normalized spacial score (nSPS) is 10.6. The highest BCUT2D eigenvalue weighted by molar-refractivity contribution is 5.97. The van der Waals surface area contributed by atoms with Crippen molar-refractivity contribution in [3.63, 3.8) is 0 Å². The van der Waals surface area contributed by atoms with Crippen molar-refractivity contribution >= 4 is 40.4 Å². The SMILES string of the molecule is O=C(O)c1cc(C(=O)O)cc(N(c2ccc([N+](=O)[O-])c(OCc3ccccc3)c2)c2ccc([N+](=O)[O-])c(OCc3ccccc3)c2)c1. The third-order valence-electron chi connectivity index (χ3n) is 6.94. The van der Waals surface area contributed by atoms with E-state index < -0.39 is 21.8 Å². The van der Waals surface area contributed by atoms with E-state index in [4.69, 9.17) is 9.47 Å². The van der Waals surface area contributed by atoms with Gasteiger partial charge >= 0.3 is 23.3 Å². The Morgan fingerprint density at radius 2 is 0.979 bits per heavy atom. The largest absolute Gasteiger partial charge is 0.482 e. The third-order valence-corrected chi connectivity index (χ3v) is 6.94. The molecule has 5 aromatic carbocycles. The van der Waals surface area contributed by atoms with Gasteiger partial charge in [0.25, 0.3) is 0 Å². The van der Waals surface area contributed by atoms with Gasteiger partial charge in [-0.2, -0.15) is 0 Å². The molecule has 5 aromatic rings. The van der Waals surface area contributed by atoms with Gasteiger partial charge in [0.15, 0.2) is 11.5 Å². The molecule has 0 heterocycles. The van der Waals surface area contributed by atoms with Crippen molar-refractivity contribution in [1.29, 1.82) is 0 Å². The first-order chi connectivity index (χ1) is 22.6. The maximum absolute atomic E-state index is 12.0. The second kappa shape index (κ2) is 13.9. The lowest BCUT2D eigenvalue weighted by atomic mass is 10.1. The number of hydrogen-bond acceptors (Lipinski definition) is 9. The highest BCUT2D eigenvalue weighted by atomic mass is 16.6. The molecule has 0 radical (unpaired) electrons. The minimum Gasteiger partial charge on any atom is -0.482 e. The quantitative estimate of drug-likeness (QED) is 0.0963. The molecule has 236 valence electrons. The maximum atomic E-state index is 12.0. The fourth-order valence-corrected chi connectivity index (χ4v) is 4.72. The predicted molar refractivity (Wildman–Crippen MR) is 170 cm³/mol. The van der Waals surface area contributed by atoms with Crippen LogP contribution in [0.4, 0.5) is 28.4 Å². The molecule has 0 aromatic heterocycles. The Balaban J connectivity index is 1.68. The third kappa shape index (κ3) is 7.49. The lowest BCUT2D eigenvalue weighted by Gasteiger charge is -2.27. The second-order valence-electron chi connectivity index (χ2n) is 10.1. The summed E-state index contributed by atoms with van der Waals surface area (Å²) in [5.74, 6) is -3.06. The highest BCUT2D eigenvalue weighted by Gasteiger charge is 2.25. The van der Waals surface area contributed by atoms with Crippen LogP contribution in [0.3, 0.4) is 0 Å². The molecule has 0 aliphatic rings. The summed E-state index contributed by atoms with van der Waals surface area (Å²) in [5.41, 5.74) is 0.481. The zero-order valence-electron chi connectivity index (χ0n) is 24.4. The summed E-state index contributed by atoms with van der Waals surface area (Å²) in [6.07, 6.45) is 0. The molecule has 0 amide bonds. The van der Waals surface area contributed by atoms with Gasteiger partial charge in [0, 0.05) is 30.0 Å². The second-order valence-corrected chi connectivity index (χ2v) is 10.1. The Morgan fingerprint density at radius 3 is 1.34 bits per heavy atom. The van der Waals surface area contributed by atoms with E-state index in [1.54, 1.807) is 48.5 Å². The molecule has 0 aliphatic heterocycles. The van der Waals surface area contributed by atoms with Gasteiger partial charge in [-0.3, -0.25) is 20.2 Å². The van der Waals surface area contributed by atoms with Crippen molar-refractivity contribution in [2.24, 2.45) is 0 Å². The van der Waals surface area contributed by atoms with Gasteiger partial charge in [0.2, 0.25) is 0 Å². The smallest absolute Gasteiger partial charge is 0.335 e. The molecule has 0 aliphatic carbocycles. The van der Waals surface area contributed by atoms with Crippen LogP contribution < -0.4 is 14.4 Å². The number of carboxylic acids is 2. The Labute approximate surface area is 266 Å². The molecular weight excluding hydrogens is 610 g/mol. The van der Waals surface area contributed by atoms with Gasteiger partial charge in [-0.25, -0.2) is 9.59 Å². The summed E-state index contributed by atoms with van der Waals surface area (Å²) < 4.78 is 11.7. The Bertz CT molecular complexity index is 1830. The average Bonchev–Trinajstić information content (AvgIpc) is 3.07. The minimum atomic E-state index is -1.40. The number of aromatic carboxylic acids is 2. The number of nitro groups is 2. The Kier molecular flexibility index (Phi) is 9.37. The standard InChI is InChI=1S/C34H25N3O10/c38-33(39)24-15-25(34(40)41)17-28(16-24)35(26-11-13-29(36(42)43)31(18-26)46-20-22-7-3-1-4-8-22)27-12-14-30(37(44)45)32(19-27)47-21-23-9-5-2-6-10-23/h1-19H,20-21H2,(H,38,39)(H,40,41). The molecule has 0 unspecified atom stereocenters. The van der Waals surface area contributed by atoms with Crippen LogP contribution in [-0.4, -0.2) is 32.0 Å². The first kappa shape index (κ1) is 31.7. The summed E-state index contributed by atoms with van der Waals surface area (Å²) in [5, 5.41) is 43.4. The Hall–Kier alpha value is -6.76. The molecule has 0 saturated carbocycles. The average molecular weight is 636 g/mol. The summed E-state index contributed by atoms with van der Waals surface area (Å²) >= 11 is 0. The topological polar surface area (TPSA) is 183 Å². The molecule has 0 fully saturated rings. The maximum Gasteiger partial charge on any atom is 0.335 e. The molecule has 13 heteroatoms. The summed E-state index contributed by atoms with van der Waals surface area (Å²) in [4.78, 5) is 48.0. The molecule has 2 N–H and O–H groups in total. The Morgan fingerprint density at radius 1 is 0.574 bits per heavy atom. The van der Waals surface area contributed by atoms with Crippen LogP contribution in [0, 0.1) is 20.2 Å². The predicted octanol–water partition coefficient (Wildman–Crippen LogP) is 7.53. The van der Waals surface area contributed by atoms with Crippen LogP contribution in [0.2, 0.25) is 0 Å². The molecule has 0 bridgehead atoms. The van der Waals surface area contributed by atoms with Crippen LogP contribution in [0.1, 0.15) is 31.8 Å². The number of carbonyl (C=O) groups is 2. The molecule has 5 rings (SSSR count). The first-order valence-corrected chi connectivity index (χ1v) is 13.9. The number of nitrogens with zero attached hydrogens (tertiary/aromatic N) is 3. The van der Waals surface area contributed by atoms with E-state index in [1.807, 2.05) is 12.1 Å². The zero-order chi connectivity index (χ0) is 33.5. The fraction of sp³-hybridized carbons (Fsp3) is 0.0588. The van der Waals surface area contributed by atoms with Gasteiger partial charge in [-0.05, 0) is 41.5 Å². The molecule has 47 heavy (non-hydrogen) atoms. The minimum absolute atomic E-state index is 0.0161. The van der Waals surface area contributed by atoms with Gasteiger partial charge in [-0.1, -0.05) is 60.7 Å². The van der Waals surface area contributed by atoms with Crippen molar-refractivity contribution in [3.05, 3.63) is 158 Å². The van der Waals surface area contributed by atoms with Crippen molar-refractivity contribution in [2.45, 2.75) is 13.2 Å². The molecule has 0 atom stereocenters. The molecular formula is C34H25N3O10. The first-order valence-electron chi connectivity index (χ1n) is 13.9. The van der Waals surface area contributed by atoms with E-state index in [0.717, 1.165) is 17.2 Å². The summed E-state index contributed by atoms with van der Waals surface area (Å²) in [6, 6.07) is 29.1. The summed E-state index contributed by atoms with van der Waals surface area (Å²) in [6.45, 7) is -0.0321. The van der Waals surface area contributed by atoms with Crippen LogP contribution in [-0.2, 0) is 13.2 Å². The lowest BCUT2D eigenvalue weighted by molar-refractivity contribution is -0.386. The molecule has 0 saturated heterocycles. The number of hydrogen-bond donors (Lipinski definition) is 2. The number of nitro benzene ring substituents is 2. The van der Waals surface area contributed by atoms with E-state index in [0.29, 0.717) is 0 Å². The van der Waals surface area contributed by atoms with Gasteiger partial charge < -0.3 is 24.6 Å². The van der Waals surface area contributed by atoms with E-state index in [2.05, 4.69) is 0 Å². The van der Waals surface area contributed by atoms with Crippen LogP contribution >= 0.6 is 0 Å². The number of rotatable bonds is 13. The van der Waals surface area contributed by atoms with Gasteiger partial charge in [0.1, 0.15) is 13.2 Å². The fourth-order valence-electron chi connectivity index (χ4n) is 4.72. The highest BCUT2D eigenvalue weighted by Crippen LogP contribution is 2.43. The number of carboxylic acid groups (broad SMARTS) is 2. The van der Waals surface area contributed by atoms with Crippen molar-refractivity contribution in [2.75, 3.05) is 4.90 Å². The van der Waals surface area contributed by atoms with Gasteiger partial charge in [-0.15, -0.1) is 0 Å².